The Kier molecular flexibility index (Phi) is 6.90. The first-order valence-corrected chi connectivity index (χ1v) is 10.2. The van der Waals surface area contributed by atoms with Crippen LogP contribution in [-0.4, -0.2) is 34.5 Å². The first-order valence-electron chi connectivity index (χ1n) is 8.93. The maximum atomic E-state index is 12.8. The fourth-order valence-corrected chi connectivity index (χ4v) is 3.92. The molecule has 2 aromatic carbocycles. The van der Waals surface area contributed by atoms with Crippen LogP contribution in [0.25, 0.3) is 6.08 Å². The standard InChI is InChI=1S/C21H19NO5S2/c1-2-26-16-9-5-15(6-10-16)22-20(25)18(29-21(22)28)13-14-3-7-17(8-4-14)27-12-11-19(23)24/h3-10,13H,2,11-12H2,1H3,(H,23,24)/b18-13+. The van der Waals surface area contributed by atoms with Gasteiger partial charge in [-0.2, -0.15) is 0 Å². The minimum Gasteiger partial charge on any atom is -0.494 e. The Morgan fingerprint density at radius 1 is 1.10 bits per heavy atom. The molecule has 0 atom stereocenters. The maximum Gasteiger partial charge on any atom is 0.306 e. The Morgan fingerprint density at radius 2 is 1.72 bits per heavy atom. The summed E-state index contributed by atoms with van der Waals surface area (Å²) < 4.78 is 11.3. The van der Waals surface area contributed by atoms with Crippen LogP contribution in [0.15, 0.2) is 53.4 Å². The van der Waals surface area contributed by atoms with Crippen LogP contribution in [0.5, 0.6) is 11.5 Å². The fourth-order valence-electron chi connectivity index (χ4n) is 2.62. The molecule has 29 heavy (non-hydrogen) atoms. The summed E-state index contributed by atoms with van der Waals surface area (Å²) in [6.07, 6.45) is 1.71. The summed E-state index contributed by atoms with van der Waals surface area (Å²) in [5.41, 5.74) is 1.52. The summed E-state index contributed by atoms with van der Waals surface area (Å²) in [6, 6.07) is 14.3. The number of benzene rings is 2. The van der Waals surface area contributed by atoms with Gasteiger partial charge in [0.1, 0.15) is 11.5 Å². The van der Waals surface area contributed by atoms with Crippen LogP contribution in [0.1, 0.15) is 18.9 Å². The molecule has 1 heterocycles. The number of nitrogens with zero attached hydrogens (tertiary/aromatic N) is 1. The van der Waals surface area contributed by atoms with E-state index in [-0.39, 0.29) is 18.9 Å². The van der Waals surface area contributed by atoms with Gasteiger partial charge in [-0.15, -0.1) is 0 Å². The number of carbonyl (C=O) groups excluding carboxylic acids is 1. The number of aliphatic carboxylic acids is 1. The molecular formula is C21H19NO5S2. The maximum absolute atomic E-state index is 12.8. The van der Waals surface area contributed by atoms with E-state index in [1.165, 1.54) is 16.7 Å². The van der Waals surface area contributed by atoms with E-state index >= 15 is 0 Å². The number of carboxylic acids is 1. The number of thiocarbonyl (C=S) groups is 1. The lowest BCUT2D eigenvalue weighted by Crippen LogP contribution is -2.27. The van der Waals surface area contributed by atoms with E-state index in [4.69, 9.17) is 26.8 Å². The molecule has 1 amide bonds. The second kappa shape index (κ2) is 9.58. The van der Waals surface area contributed by atoms with Crippen LogP contribution in [0.4, 0.5) is 5.69 Å². The molecule has 0 unspecified atom stereocenters. The molecule has 1 saturated heterocycles. The van der Waals surface area contributed by atoms with Crippen molar-refractivity contribution in [1.29, 1.82) is 0 Å². The minimum absolute atomic E-state index is 0.0597. The quantitative estimate of drug-likeness (QED) is 0.494. The van der Waals surface area contributed by atoms with E-state index in [2.05, 4.69) is 0 Å². The summed E-state index contributed by atoms with van der Waals surface area (Å²) in [7, 11) is 0. The first-order chi connectivity index (χ1) is 14.0. The second-order valence-corrected chi connectivity index (χ2v) is 7.68. The van der Waals surface area contributed by atoms with Crippen LogP contribution in [0.2, 0.25) is 0 Å². The molecule has 0 aromatic heterocycles. The molecule has 8 heteroatoms. The molecule has 0 bridgehead atoms. The highest BCUT2D eigenvalue weighted by molar-refractivity contribution is 8.27. The lowest BCUT2D eigenvalue weighted by molar-refractivity contribution is -0.137. The normalized spacial score (nSPS) is 15.1. The van der Waals surface area contributed by atoms with E-state index in [9.17, 15) is 9.59 Å². The monoisotopic (exact) mass is 429 g/mol. The van der Waals surface area contributed by atoms with Crippen molar-refractivity contribution in [2.24, 2.45) is 0 Å². The van der Waals surface area contributed by atoms with Gasteiger partial charge < -0.3 is 14.6 Å². The minimum atomic E-state index is -0.906. The third-order valence-electron chi connectivity index (χ3n) is 3.96. The summed E-state index contributed by atoms with van der Waals surface area (Å²) in [4.78, 5) is 25.4. The highest BCUT2D eigenvalue weighted by Gasteiger charge is 2.33. The third-order valence-corrected chi connectivity index (χ3v) is 5.26. The average Bonchev–Trinajstić information content (AvgIpc) is 2.97. The number of amides is 1. The molecule has 1 aliphatic rings. The summed E-state index contributed by atoms with van der Waals surface area (Å²) >= 11 is 6.64. The molecule has 2 aromatic rings. The molecule has 3 rings (SSSR count). The van der Waals surface area contributed by atoms with E-state index in [0.29, 0.717) is 27.3 Å². The van der Waals surface area contributed by atoms with E-state index in [1.54, 1.807) is 30.3 Å². The first kappa shape index (κ1) is 20.9. The Labute approximate surface area is 178 Å². The Bertz CT molecular complexity index is 939. The van der Waals surface area contributed by atoms with Crippen LogP contribution in [-0.2, 0) is 9.59 Å². The summed E-state index contributed by atoms with van der Waals surface area (Å²) in [5.74, 6) is 0.232. The molecule has 6 nitrogen and oxygen atoms in total. The van der Waals surface area contributed by atoms with Gasteiger partial charge in [-0.3, -0.25) is 14.5 Å². The van der Waals surface area contributed by atoms with Crippen molar-refractivity contribution < 1.29 is 24.2 Å². The van der Waals surface area contributed by atoms with Crippen molar-refractivity contribution in [3.05, 3.63) is 59.0 Å². The van der Waals surface area contributed by atoms with E-state index < -0.39 is 5.97 Å². The van der Waals surface area contributed by atoms with Gasteiger partial charge in [0, 0.05) is 0 Å². The van der Waals surface area contributed by atoms with Gasteiger partial charge in [-0.1, -0.05) is 36.1 Å². The number of ether oxygens (including phenoxy) is 2. The van der Waals surface area contributed by atoms with Crippen molar-refractivity contribution in [2.45, 2.75) is 13.3 Å². The highest BCUT2D eigenvalue weighted by atomic mass is 32.2. The molecule has 1 N–H and O–H groups in total. The number of thioether (sulfide) groups is 1. The zero-order chi connectivity index (χ0) is 20.8. The number of rotatable bonds is 8. The zero-order valence-corrected chi connectivity index (χ0v) is 17.3. The molecule has 0 saturated carbocycles. The van der Waals surface area contributed by atoms with Crippen molar-refractivity contribution >= 4 is 51.9 Å². The smallest absolute Gasteiger partial charge is 0.306 e. The van der Waals surface area contributed by atoms with Gasteiger partial charge in [0.05, 0.1) is 30.2 Å². The van der Waals surface area contributed by atoms with Gasteiger partial charge in [0.2, 0.25) is 0 Å². The molecule has 1 aliphatic heterocycles. The Balaban J connectivity index is 1.70. The van der Waals surface area contributed by atoms with Gasteiger partial charge in [0.15, 0.2) is 4.32 Å². The second-order valence-electron chi connectivity index (χ2n) is 6.01. The molecule has 0 aliphatic carbocycles. The Hall–Kier alpha value is -2.84. The molecule has 1 fully saturated rings. The van der Waals surface area contributed by atoms with Gasteiger partial charge in [-0.05, 0) is 55.0 Å². The molecule has 0 spiro atoms. The summed E-state index contributed by atoms with van der Waals surface area (Å²) in [5, 5.41) is 8.64. The number of hydrogen-bond acceptors (Lipinski definition) is 6. The van der Waals surface area contributed by atoms with Crippen LogP contribution in [0, 0.1) is 0 Å². The lowest BCUT2D eigenvalue weighted by Gasteiger charge is -2.15. The predicted molar refractivity (Wildman–Crippen MR) is 117 cm³/mol. The predicted octanol–water partition coefficient (Wildman–Crippen LogP) is 4.34. The molecule has 0 radical (unpaired) electrons. The van der Waals surface area contributed by atoms with E-state index in [0.717, 1.165) is 11.3 Å². The fraction of sp³-hybridized carbons (Fsp3) is 0.190. The topological polar surface area (TPSA) is 76.1 Å². The van der Waals surface area contributed by atoms with Crippen molar-refractivity contribution in [2.75, 3.05) is 18.1 Å². The van der Waals surface area contributed by atoms with Crippen LogP contribution in [0.3, 0.4) is 0 Å². The zero-order valence-electron chi connectivity index (χ0n) is 15.7. The van der Waals surface area contributed by atoms with E-state index in [1.807, 2.05) is 31.2 Å². The van der Waals surface area contributed by atoms with Crippen molar-refractivity contribution in [3.63, 3.8) is 0 Å². The molecule has 150 valence electrons. The third kappa shape index (κ3) is 5.36. The average molecular weight is 430 g/mol. The van der Waals surface area contributed by atoms with Crippen molar-refractivity contribution in [3.8, 4) is 11.5 Å². The van der Waals surface area contributed by atoms with Gasteiger partial charge >= 0.3 is 5.97 Å². The lowest BCUT2D eigenvalue weighted by atomic mass is 10.2. The SMILES string of the molecule is CCOc1ccc(N2C(=O)/C(=C\c3ccc(OCCC(=O)O)cc3)SC2=S)cc1. The molecular weight excluding hydrogens is 410 g/mol. The highest BCUT2D eigenvalue weighted by Crippen LogP contribution is 2.36. The number of carboxylic acid groups (broad SMARTS) is 1. The van der Waals surface area contributed by atoms with Crippen molar-refractivity contribution in [1.82, 2.24) is 0 Å². The number of hydrogen-bond donors (Lipinski definition) is 1. The largest absolute Gasteiger partial charge is 0.494 e. The van der Waals surface area contributed by atoms with Crippen LogP contribution >= 0.6 is 24.0 Å². The summed E-state index contributed by atoms with van der Waals surface area (Å²) in [6.45, 7) is 2.59. The number of anilines is 1. The Morgan fingerprint density at radius 3 is 2.34 bits per heavy atom. The number of carbonyl (C=O) groups is 2. The van der Waals surface area contributed by atoms with Gasteiger partial charge in [-0.25, -0.2) is 0 Å². The van der Waals surface area contributed by atoms with Crippen LogP contribution < -0.4 is 14.4 Å². The van der Waals surface area contributed by atoms with Gasteiger partial charge in [0.25, 0.3) is 5.91 Å².